The van der Waals surface area contributed by atoms with Crippen molar-refractivity contribution < 1.29 is 0 Å². The van der Waals surface area contributed by atoms with Gasteiger partial charge in [0.15, 0.2) is 0 Å². The van der Waals surface area contributed by atoms with E-state index in [0.717, 1.165) is 0 Å². The van der Waals surface area contributed by atoms with Crippen molar-refractivity contribution in [1.82, 2.24) is 0 Å². The van der Waals surface area contributed by atoms with Gasteiger partial charge in [-0.3, -0.25) is 0 Å². The molecule has 90 valence electrons. The Balaban J connectivity index is 2.25. The minimum absolute atomic E-state index is 0.211. The van der Waals surface area contributed by atoms with E-state index in [1.165, 1.54) is 34.6 Å². The zero-order chi connectivity index (χ0) is 11.9. The van der Waals surface area contributed by atoms with Crippen molar-refractivity contribution in [1.29, 1.82) is 0 Å². The Bertz CT molecular complexity index is 378. The Hall–Kier alpha value is -0.0100. The number of halogens is 1. The highest BCUT2D eigenvalue weighted by Gasteiger charge is 2.39. The second-order valence-corrected chi connectivity index (χ2v) is 7.69. The number of hydrogen-bond acceptors (Lipinski definition) is 1. The largest absolute Gasteiger partial charge is 0.146 e. The van der Waals surface area contributed by atoms with E-state index in [2.05, 4.69) is 33.8 Å². The summed E-state index contributed by atoms with van der Waals surface area (Å²) < 4.78 is 0. The van der Waals surface area contributed by atoms with Gasteiger partial charge in [0.25, 0.3) is 0 Å². The summed E-state index contributed by atoms with van der Waals surface area (Å²) in [7, 11) is 0. The van der Waals surface area contributed by atoms with Crippen molar-refractivity contribution >= 4 is 22.9 Å². The average molecular weight is 257 g/mol. The van der Waals surface area contributed by atoms with Crippen LogP contribution in [-0.2, 0) is 0 Å². The molecule has 1 aromatic rings. The smallest absolute Gasteiger partial charge is 0.0629 e. The van der Waals surface area contributed by atoms with Crippen LogP contribution in [0.5, 0.6) is 0 Å². The molecule has 0 nitrogen and oxygen atoms in total. The van der Waals surface area contributed by atoms with Gasteiger partial charge in [0.1, 0.15) is 0 Å². The van der Waals surface area contributed by atoms with Crippen molar-refractivity contribution in [2.75, 3.05) is 0 Å². The fourth-order valence-electron chi connectivity index (χ4n) is 3.04. The summed E-state index contributed by atoms with van der Waals surface area (Å²) in [6, 6.07) is 2.28. The minimum Gasteiger partial charge on any atom is -0.146 e. The molecule has 0 aliphatic heterocycles. The topological polar surface area (TPSA) is 0 Å². The molecule has 1 heterocycles. The molecule has 0 bridgehead atoms. The minimum atomic E-state index is 0.211. The molecule has 2 unspecified atom stereocenters. The lowest BCUT2D eigenvalue weighted by Crippen LogP contribution is -2.21. The van der Waals surface area contributed by atoms with Crippen LogP contribution in [0.2, 0.25) is 0 Å². The van der Waals surface area contributed by atoms with E-state index in [1.807, 2.05) is 11.3 Å². The van der Waals surface area contributed by atoms with E-state index in [-0.39, 0.29) is 5.38 Å². The van der Waals surface area contributed by atoms with E-state index >= 15 is 0 Å². The van der Waals surface area contributed by atoms with Crippen LogP contribution in [0.3, 0.4) is 0 Å². The summed E-state index contributed by atoms with van der Waals surface area (Å²) in [6.45, 7) is 9.11. The molecule has 1 fully saturated rings. The van der Waals surface area contributed by atoms with Gasteiger partial charge >= 0.3 is 0 Å². The second-order valence-electron chi connectivity index (χ2n) is 5.76. The number of hydrogen-bond donors (Lipinski definition) is 0. The van der Waals surface area contributed by atoms with Crippen molar-refractivity contribution in [3.63, 3.8) is 0 Å². The molecule has 0 spiro atoms. The number of rotatable bonds is 2. The molecule has 1 saturated carbocycles. The van der Waals surface area contributed by atoms with Gasteiger partial charge in [-0.25, -0.2) is 0 Å². The van der Waals surface area contributed by atoms with Crippen LogP contribution in [0.1, 0.15) is 53.8 Å². The monoisotopic (exact) mass is 256 g/mol. The summed E-state index contributed by atoms with van der Waals surface area (Å²) in [6.07, 6.45) is 3.95. The van der Waals surface area contributed by atoms with Crippen LogP contribution in [0.4, 0.5) is 0 Å². The molecular weight excluding hydrogens is 236 g/mol. The molecule has 1 aliphatic carbocycles. The summed E-state index contributed by atoms with van der Waals surface area (Å²) in [5.41, 5.74) is 1.79. The molecule has 0 amide bonds. The van der Waals surface area contributed by atoms with Crippen LogP contribution in [0.25, 0.3) is 0 Å². The molecule has 2 heteroatoms. The Morgan fingerprint density at radius 1 is 1.44 bits per heavy atom. The Kier molecular flexibility index (Phi) is 3.38. The zero-order valence-corrected chi connectivity index (χ0v) is 12.2. The summed E-state index contributed by atoms with van der Waals surface area (Å²) >= 11 is 8.59. The molecular formula is C14H21ClS. The van der Waals surface area contributed by atoms with Crippen LogP contribution in [-0.4, -0.2) is 0 Å². The first-order valence-electron chi connectivity index (χ1n) is 6.13. The maximum atomic E-state index is 6.72. The van der Waals surface area contributed by atoms with E-state index in [1.54, 1.807) is 0 Å². The van der Waals surface area contributed by atoms with Crippen molar-refractivity contribution in [3.8, 4) is 0 Å². The van der Waals surface area contributed by atoms with Gasteiger partial charge in [-0.15, -0.1) is 22.9 Å². The van der Waals surface area contributed by atoms with E-state index in [0.29, 0.717) is 11.3 Å². The lowest BCUT2D eigenvalue weighted by molar-refractivity contribution is 0.252. The van der Waals surface area contributed by atoms with Crippen LogP contribution in [0, 0.1) is 25.2 Å². The van der Waals surface area contributed by atoms with Crippen molar-refractivity contribution in [2.45, 2.75) is 52.3 Å². The second kappa shape index (κ2) is 4.34. The highest BCUT2D eigenvalue weighted by Crippen LogP contribution is 2.52. The first kappa shape index (κ1) is 12.4. The third-order valence-electron chi connectivity index (χ3n) is 4.07. The first-order valence-corrected chi connectivity index (χ1v) is 7.38. The molecule has 0 radical (unpaired) electrons. The van der Waals surface area contributed by atoms with Crippen LogP contribution < -0.4 is 0 Å². The van der Waals surface area contributed by atoms with Gasteiger partial charge in [0.2, 0.25) is 0 Å². The van der Waals surface area contributed by atoms with Gasteiger partial charge < -0.3 is 0 Å². The number of alkyl halides is 1. The molecule has 0 aromatic carbocycles. The summed E-state index contributed by atoms with van der Waals surface area (Å²) in [5.74, 6) is 0.641. The highest BCUT2D eigenvalue weighted by molar-refractivity contribution is 7.12. The average Bonchev–Trinajstić information content (AvgIpc) is 2.68. The Morgan fingerprint density at radius 2 is 2.12 bits per heavy atom. The SMILES string of the molecule is Cc1cc(C(Cl)C2CCCC2(C)C)c(C)s1. The quantitative estimate of drug-likeness (QED) is 0.616. The predicted octanol–water partition coefficient (Wildman–Crippen LogP) is 5.47. The van der Waals surface area contributed by atoms with Crippen LogP contribution in [0.15, 0.2) is 6.07 Å². The van der Waals surface area contributed by atoms with Gasteiger partial charge in [-0.2, -0.15) is 0 Å². The third kappa shape index (κ3) is 2.17. The predicted molar refractivity (Wildman–Crippen MR) is 73.5 cm³/mol. The molecule has 0 N–H and O–H groups in total. The maximum absolute atomic E-state index is 6.72. The molecule has 1 aliphatic rings. The zero-order valence-electron chi connectivity index (χ0n) is 10.6. The van der Waals surface area contributed by atoms with Gasteiger partial charge in [-0.1, -0.05) is 20.3 Å². The van der Waals surface area contributed by atoms with E-state index in [9.17, 15) is 0 Å². The maximum Gasteiger partial charge on any atom is 0.0629 e. The van der Waals surface area contributed by atoms with E-state index in [4.69, 9.17) is 11.6 Å². The standard InChI is InChI=1S/C14H21ClS/c1-9-8-11(10(2)16-9)13(15)12-6-5-7-14(12,3)4/h8,12-13H,5-7H2,1-4H3. The van der Waals surface area contributed by atoms with Crippen molar-refractivity contribution in [2.24, 2.45) is 11.3 Å². The lowest BCUT2D eigenvalue weighted by atomic mass is 9.78. The molecule has 16 heavy (non-hydrogen) atoms. The Morgan fingerprint density at radius 3 is 2.56 bits per heavy atom. The Labute approximate surface area is 108 Å². The number of aryl methyl sites for hydroxylation is 2. The fraction of sp³-hybridized carbons (Fsp3) is 0.714. The normalized spacial score (nSPS) is 25.9. The van der Waals surface area contributed by atoms with Gasteiger partial charge in [0.05, 0.1) is 5.38 Å². The van der Waals surface area contributed by atoms with Gasteiger partial charge in [0, 0.05) is 9.75 Å². The first-order chi connectivity index (χ1) is 7.42. The lowest BCUT2D eigenvalue weighted by Gasteiger charge is -2.31. The van der Waals surface area contributed by atoms with Crippen molar-refractivity contribution in [3.05, 3.63) is 21.4 Å². The third-order valence-corrected chi connectivity index (χ3v) is 5.59. The molecule has 1 aromatic heterocycles. The molecule has 0 saturated heterocycles. The molecule has 2 rings (SSSR count). The summed E-state index contributed by atoms with van der Waals surface area (Å²) in [5, 5.41) is 0.211. The van der Waals surface area contributed by atoms with Crippen LogP contribution >= 0.6 is 22.9 Å². The highest BCUT2D eigenvalue weighted by atomic mass is 35.5. The summed E-state index contributed by atoms with van der Waals surface area (Å²) in [4.78, 5) is 2.79. The molecule has 2 atom stereocenters. The van der Waals surface area contributed by atoms with Gasteiger partial charge in [-0.05, 0) is 49.7 Å². The van der Waals surface area contributed by atoms with E-state index < -0.39 is 0 Å². The fourth-order valence-corrected chi connectivity index (χ4v) is 4.77. The number of thiophene rings is 1.